The standard InChI is InChI=1S/C17H31N5S2/c1-5-18-16(19-7-6-9-23-17-20-8-10-24-17)21-15-12-22(13(2)3)11-14(15)4/h8,10,13-15H,5-7,9,11-12H2,1-4H3,(H2,18,19,21). The number of aliphatic imine (C=N–C) groups is 1. The topological polar surface area (TPSA) is 52.6 Å². The van der Waals surface area contributed by atoms with Gasteiger partial charge in [0.25, 0.3) is 0 Å². The van der Waals surface area contributed by atoms with Crippen molar-refractivity contribution in [2.24, 2.45) is 10.9 Å². The van der Waals surface area contributed by atoms with Crippen LogP contribution >= 0.6 is 23.1 Å². The number of nitrogens with zero attached hydrogens (tertiary/aromatic N) is 3. The maximum atomic E-state index is 4.75. The molecule has 1 aliphatic heterocycles. The molecular formula is C17H31N5S2. The second-order valence-corrected chi connectivity index (χ2v) is 8.77. The van der Waals surface area contributed by atoms with Crippen LogP contribution in [0, 0.1) is 5.92 Å². The number of aromatic nitrogens is 1. The maximum Gasteiger partial charge on any atom is 0.191 e. The average molecular weight is 370 g/mol. The summed E-state index contributed by atoms with van der Waals surface area (Å²) in [6.45, 7) is 13.0. The van der Waals surface area contributed by atoms with Crippen LogP contribution in [0.5, 0.6) is 0 Å². The fraction of sp³-hybridized carbons (Fsp3) is 0.765. The van der Waals surface area contributed by atoms with Crippen LogP contribution < -0.4 is 10.6 Å². The molecule has 1 aromatic heterocycles. The molecule has 1 aliphatic rings. The second kappa shape index (κ2) is 10.3. The zero-order valence-electron chi connectivity index (χ0n) is 15.3. The van der Waals surface area contributed by atoms with Crippen molar-refractivity contribution in [3.05, 3.63) is 11.6 Å². The van der Waals surface area contributed by atoms with E-state index in [-0.39, 0.29) is 0 Å². The van der Waals surface area contributed by atoms with Gasteiger partial charge in [0.2, 0.25) is 0 Å². The molecule has 0 spiro atoms. The summed E-state index contributed by atoms with van der Waals surface area (Å²) in [5.41, 5.74) is 0. The number of thiazole rings is 1. The van der Waals surface area contributed by atoms with Crippen LogP contribution in [0.3, 0.4) is 0 Å². The predicted octanol–water partition coefficient (Wildman–Crippen LogP) is 2.91. The molecule has 7 heteroatoms. The van der Waals surface area contributed by atoms with Gasteiger partial charge in [-0.2, -0.15) is 0 Å². The Labute approximate surface area is 154 Å². The van der Waals surface area contributed by atoms with Crippen molar-refractivity contribution in [3.8, 4) is 0 Å². The number of hydrogen-bond donors (Lipinski definition) is 2. The van der Waals surface area contributed by atoms with E-state index in [4.69, 9.17) is 4.99 Å². The molecule has 0 saturated carbocycles. The number of thioether (sulfide) groups is 1. The molecule has 1 fully saturated rings. The summed E-state index contributed by atoms with van der Waals surface area (Å²) < 4.78 is 1.15. The minimum atomic E-state index is 0.481. The first-order valence-electron chi connectivity index (χ1n) is 8.91. The third kappa shape index (κ3) is 6.26. The first kappa shape index (κ1) is 19.5. The van der Waals surface area contributed by atoms with Crippen LogP contribution in [0.4, 0.5) is 0 Å². The van der Waals surface area contributed by atoms with Crippen LogP contribution in [0.25, 0.3) is 0 Å². The quantitative estimate of drug-likeness (QED) is 0.319. The molecule has 2 N–H and O–H groups in total. The Morgan fingerprint density at radius 3 is 2.96 bits per heavy atom. The van der Waals surface area contributed by atoms with E-state index in [1.54, 1.807) is 11.3 Å². The summed E-state index contributed by atoms with van der Waals surface area (Å²) in [6, 6.07) is 1.09. The lowest BCUT2D eigenvalue weighted by molar-refractivity contribution is 0.265. The van der Waals surface area contributed by atoms with Crippen molar-refractivity contribution in [3.63, 3.8) is 0 Å². The van der Waals surface area contributed by atoms with Gasteiger partial charge in [-0.05, 0) is 33.1 Å². The zero-order valence-corrected chi connectivity index (χ0v) is 16.9. The van der Waals surface area contributed by atoms with Crippen molar-refractivity contribution in [2.45, 2.75) is 50.5 Å². The molecule has 1 aromatic rings. The molecule has 24 heavy (non-hydrogen) atoms. The molecule has 5 nitrogen and oxygen atoms in total. The predicted molar refractivity (Wildman–Crippen MR) is 106 cm³/mol. The van der Waals surface area contributed by atoms with Crippen LogP contribution in [0.1, 0.15) is 34.1 Å². The van der Waals surface area contributed by atoms with Crippen molar-refractivity contribution in [2.75, 3.05) is 31.9 Å². The minimum Gasteiger partial charge on any atom is -0.357 e. The first-order chi connectivity index (χ1) is 11.6. The smallest absolute Gasteiger partial charge is 0.191 e. The second-order valence-electron chi connectivity index (χ2n) is 6.54. The lowest BCUT2D eigenvalue weighted by atomic mass is 10.1. The van der Waals surface area contributed by atoms with Crippen LogP contribution in [0.15, 0.2) is 20.9 Å². The van der Waals surface area contributed by atoms with Gasteiger partial charge in [0.15, 0.2) is 5.96 Å². The number of rotatable bonds is 8. The Morgan fingerprint density at radius 1 is 1.50 bits per heavy atom. The van der Waals surface area contributed by atoms with E-state index in [1.165, 1.54) is 6.54 Å². The Balaban J connectivity index is 1.75. The summed E-state index contributed by atoms with van der Waals surface area (Å²) in [5, 5.41) is 9.04. The lowest BCUT2D eigenvalue weighted by Gasteiger charge is -2.21. The summed E-state index contributed by atoms with van der Waals surface area (Å²) in [5.74, 6) is 2.67. The minimum absolute atomic E-state index is 0.481. The first-order valence-corrected chi connectivity index (χ1v) is 10.8. The monoisotopic (exact) mass is 369 g/mol. The molecule has 2 atom stereocenters. The number of likely N-dealkylation sites (tertiary alicyclic amines) is 1. The Kier molecular flexibility index (Phi) is 8.35. The molecule has 2 heterocycles. The third-order valence-electron chi connectivity index (χ3n) is 4.24. The Hall–Kier alpha value is -0.790. The van der Waals surface area contributed by atoms with Gasteiger partial charge in [-0.3, -0.25) is 9.89 Å². The van der Waals surface area contributed by atoms with Gasteiger partial charge in [0.1, 0.15) is 4.34 Å². The average Bonchev–Trinajstić information content (AvgIpc) is 3.17. The van der Waals surface area contributed by atoms with Crippen LogP contribution in [-0.2, 0) is 0 Å². The molecule has 2 unspecified atom stereocenters. The number of hydrogen-bond acceptors (Lipinski definition) is 5. The van der Waals surface area contributed by atoms with Crippen LogP contribution in [-0.4, -0.2) is 59.9 Å². The van der Waals surface area contributed by atoms with E-state index >= 15 is 0 Å². The molecule has 0 amide bonds. The van der Waals surface area contributed by atoms with E-state index in [2.05, 4.69) is 48.2 Å². The summed E-state index contributed by atoms with van der Waals surface area (Å²) >= 11 is 3.53. The zero-order chi connectivity index (χ0) is 17.4. The fourth-order valence-corrected chi connectivity index (χ4v) is 4.44. The van der Waals surface area contributed by atoms with Crippen LogP contribution in [0.2, 0.25) is 0 Å². The van der Waals surface area contributed by atoms with Crippen molar-refractivity contribution in [1.29, 1.82) is 0 Å². The van der Waals surface area contributed by atoms with Gasteiger partial charge in [0.05, 0.1) is 0 Å². The summed E-state index contributed by atoms with van der Waals surface area (Å²) in [6.07, 6.45) is 2.93. The number of guanidine groups is 1. The molecular weight excluding hydrogens is 338 g/mol. The van der Waals surface area contributed by atoms with Gasteiger partial charge in [0, 0.05) is 55.6 Å². The van der Waals surface area contributed by atoms with Gasteiger partial charge in [-0.15, -0.1) is 11.3 Å². The van der Waals surface area contributed by atoms with Gasteiger partial charge < -0.3 is 10.6 Å². The Morgan fingerprint density at radius 2 is 2.33 bits per heavy atom. The highest BCUT2D eigenvalue weighted by Gasteiger charge is 2.31. The Bertz CT molecular complexity index is 489. The number of nitrogens with one attached hydrogen (secondary N) is 2. The van der Waals surface area contributed by atoms with E-state index in [0.717, 1.165) is 42.1 Å². The van der Waals surface area contributed by atoms with Gasteiger partial charge in [-0.25, -0.2) is 4.98 Å². The maximum absolute atomic E-state index is 4.75. The van der Waals surface area contributed by atoms with E-state index in [9.17, 15) is 0 Å². The van der Waals surface area contributed by atoms with Gasteiger partial charge >= 0.3 is 0 Å². The van der Waals surface area contributed by atoms with Crippen molar-refractivity contribution in [1.82, 2.24) is 20.5 Å². The SMILES string of the molecule is CCNC(=NCCCSc1nccs1)NC1CN(C(C)C)CC1C. The lowest BCUT2D eigenvalue weighted by Crippen LogP contribution is -2.46. The normalized spacial score (nSPS) is 22.3. The molecule has 0 aromatic carbocycles. The third-order valence-corrected chi connectivity index (χ3v) is 6.30. The van der Waals surface area contributed by atoms with E-state index < -0.39 is 0 Å². The highest BCUT2D eigenvalue weighted by atomic mass is 32.2. The fourth-order valence-electron chi connectivity index (χ4n) is 2.81. The van der Waals surface area contributed by atoms with Crippen molar-refractivity contribution >= 4 is 29.1 Å². The van der Waals surface area contributed by atoms with E-state index in [1.807, 2.05) is 23.3 Å². The molecule has 136 valence electrons. The molecule has 0 bridgehead atoms. The summed E-state index contributed by atoms with van der Waals surface area (Å²) in [7, 11) is 0. The van der Waals surface area contributed by atoms with Gasteiger partial charge in [-0.1, -0.05) is 18.7 Å². The molecule has 0 radical (unpaired) electrons. The molecule has 1 saturated heterocycles. The highest BCUT2D eigenvalue weighted by Crippen LogP contribution is 2.21. The highest BCUT2D eigenvalue weighted by molar-refractivity contribution is 8.00. The summed E-state index contributed by atoms with van der Waals surface area (Å²) in [4.78, 5) is 11.6. The van der Waals surface area contributed by atoms with E-state index in [0.29, 0.717) is 18.0 Å². The largest absolute Gasteiger partial charge is 0.357 e. The van der Waals surface area contributed by atoms with Crippen molar-refractivity contribution < 1.29 is 0 Å². The molecule has 0 aliphatic carbocycles. The molecule has 2 rings (SSSR count).